The van der Waals surface area contributed by atoms with Crippen LogP contribution < -0.4 is 4.74 Å². The first-order chi connectivity index (χ1) is 10.7. The van der Waals surface area contributed by atoms with Crippen LogP contribution in [0.1, 0.15) is 42.6 Å². The summed E-state index contributed by atoms with van der Waals surface area (Å²) < 4.78 is 5.62. The zero-order valence-electron chi connectivity index (χ0n) is 13.5. The van der Waals surface area contributed by atoms with E-state index in [1.54, 1.807) is 25.3 Å². The normalized spacial score (nSPS) is 10.3. The van der Waals surface area contributed by atoms with E-state index in [1.807, 2.05) is 36.4 Å². The third-order valence-corrected chi connectivity index (χ3v) is 3.28. The summed E-state index contributed by atoms with van der Waals surface area (Å²) in [6, 6.07) is 15.1. The zero-order valence-corrected chi connectivity index (χ0v) is 13.5. The van der Waals surface area contributed by atoms with Gasteiger partial charge in [0.05, 0.1) is 12.3 Å². The second-order valence-electron chi connectivity index (χ2n) is 5.13. The van der Waals surface area contributed by atoms with Gasteiger partial charge in [0, 0.05) is 11.8 Å². The summed E-state index contributed by atoms with van der Waals surface area (Å²) in [4.78, 5) is 15.6. The Labute approximate surface area is 136 Å². The topological polar surface area (TPSA) is 38.7 Å². The first-order valence-electron chi connectivity index (χ1n) is 7.57. The molecule has 3 nitrogen and oxygen atoms in total. The molecule has 0 saturated heterocycles. The highest BCUT2D eigenvalue weighted by atomic mass is 19.0. The highest BCUT2D eigenvalue weighted by Crippen LogP contribution is 2.15. The number of nitrogens with zero attached hydrogens (tertiary/aromatic N) is 1. The molecule has 0 aromatic heterocycles. The molecular weight excluding hydrogens is 293 g/mol. The van der Waals surface area contributed by atoms with Gasteiger partial charge in [0.1, 0.15) is 5.75 Å². The molecule has 0 bridgehead atoms. The molecule has 0 saturated carbocycles. The Morgan fingerprint density at radius 1 is 1.09 bits per heavy atom. The number of Topliss-reactive ketones (excluding diaryl/α,β-unsaturated/α-hetero) is 1. The van der Waals surface area contributed by atoms with E-state index in [1.165, 1.54) is 0 Å². The van der Waals surface area contributed by atoms with Gasteiger partial charge in [-0.05, 0) is 67.4 Å². The smallest absolute Gasteiger partial charge is 0.159 e. The molecule has 0 atom stereocenters. The lowest BCUT2D eigenvalue weighted by Gasteiger charge is -2.04. The maximum Gasteiger partial charge on any atom is 0.159 e. The lowest BCUT2D eigenvalue weighted by atomic mass is 10.1. The molecule has 0 aliphatic heterocycles. The molecule has 0 unspecified atom stereocenters. The van der Waals surface area contributed by atoms with Crippen molar-refractivity contribution < 1.29 is 14.2 Å². The minimum Gasteiger partial charge on any atom is -0.494 e. The molecule has 0 radical (unpaired) electrons. The van der Waals surface area contributed by atoms with E-state index in [-0.39, 0.29) is 10.5 Å². The fourth-order valence-electron chi connectivity index (χ4n) is 1.92. The number of carbonyl (C=O) groups excluding carboxylic acids is 1. The molecular formula is C19H22FNO2. The molecule has 0 aliphatic carbocycles. The third-order valence-electron chi connectivity index (χ3n) is 3.28. The molecule has 0 fully saturated rings. The van der Waals surface area contributed by atoms with Crippen molar-refractivity contribution in [2.24, 2.45) is 4.99 Å². The van der Waals surface area contributed by atoms with Crippen molar-refractivity contribution in [3.05, 3.63) is 59.7 Å². The van der Waals surface area contributed by atoms with E-state index in [0.29, 0.717) is 5.56 Å². The lowest BCUT2D eigenvalue weighted by Crippen LogP contribution is -1.96. The molecule has 2 aromatic carbocycles. The number of halogens is 1. The average molecular weight is 315 g/mol. The number of benzene rings is 2. The van der Waals surface area contributed by atoms with Crippen molar-refractivity contribution in [2.75, 3.05) is 6.61 Å². The lowest BCUT2D eigenvalue weighted by molar-refractivity contribution is 0.101. The second kappa shape index (κ2) is 9.51. The SMILES string of the molecule is CCCCOc1ccc(C=Nc2ccc(C(C)=O)cc2)cc1.F. The van der Waals surface area contributed by atoms with Crippen molar-refractivity contribution in [3.63, 3.8) is 0 Å². The number of ether oxygens (including phenoxy) is 1. The Kier molecular flexibility index (Phi) is 7.67. The van der Waals surface area contributed by atoms with Crippen LogP contribution in [0.2, 0.25) is 0 Å². The largest absolute Gasteiger partial charge is 0.494 e. The molecule has 4 heteroatoms. The van der Waals surface area contributed by atoms with Crippen LogP contribution in [0.3, 0.4) is 0 Å². The van der Waals surface area contributed by atoms with Crippen LogP contribution in [0.25, 0.3) is 0 Å². The zero-order chi connectivity index (χ0) is 15.8. The van der Waals surface area contributed by atoms with Gasteiger partial charge in [0.25, 0.3) is 0 Å². The molecule has 0 spiro atoms. The van der Waals surface area contributed by atoms with Gasteiger partial charge in [0.2, 0.25) is 0 Å². The van der Waals surface area contributed by atoms with Crippen molar-refractivity contribution in [2.45, 2.75) is 26.7 Å². The van der Waals surface area contributed by atoms with Gasteiger partial charge < -0.3 is 4.74 Å². The highest BCUT2D eigenvalue weighted by Gasteiger charge is 1.98. The van der Waals surface area contributed by atoms with Gasteiger partial charge in [-0.1, -0.05) is 13.3 Å². The van der Waals surface area contributed by atoms with Gasteiger partial charge in [-0.3, -0.25) is 14.5 Å². The fraction of sp³-hybridized carbons (Fsp3) is 0.263. The number of unbranched alkanes of at least 4 members (excludes halogenated alkanes) is 1. The van der Waals surface area contributed by atoms with E-state index in [0.717, 1.165) is 36.4 Å². The summed E-state index contributed by atoms with van der Waals surface area (Å²) in [5.74, 6) is 0.950. The second-order valence-corrected chi connectivity index (χ2v) is 5.13. The summed E-state index contributed by atoms with van der Waals surface area (Å²) in [5.41, 5.74) is 2.54. The van der Waals surface area contributed by atoms with E-state index in [2.05, 4.69) is 11.9 Å². The van der Waals surface area contributed by atoms with Crippen molar-refractivity contribution in [3.8, 4) is 5.75 Å². The number of ketones is 1. The first kappa shape index (κ1) is 18.6. The molecule has 0 amide bonds. The first-order valence-corrected chi connectivity index (χ1v) is 7.57. The standard InChI is InChI=1S/C19H21NO2.FH/c1-3-4-13-22-19-11-5-16(6-12-19)14-20-18-9-7-17(8-10-18)15(2)21;/h5-12,14H,3-4,13H2,1-2H3;1H. The summed E-state index contributed by atoms with van der Waals surface area (Å²) in [6.07, 6.45) is 4.01. The molecule has 122 valence electrons. The van der Waals surface area contributed by atoms with Gasteiger partial charge >= 0.3 is 0 Å². The minimum atomic E-state index is 0. The van der Waals surface area contributed by atoms with Crippen molar-refractivity contribution in [1.82, 2.24) is 0 Å². The number of carbonyl (C=O) groups is 1. The summed E-state index contributed by atoms with van der Waals surface area (Å²) in [7, 11) is 0. The van der Waals surface area contributed by atoms with Gasteiger partial charge in [0.15, 0.2) is 5.78 Å². The Hall–Kier alpha value is -2.49. The van der Waals surface area contributed by atoms with Crippen LogP contribution in [-0.4, -0.2) is 18.6 Å². The maximum atomic E-state index is 11.2. The highest BCUT2D eigenvalue weighted by molar-refractivity contribution is 5.94. The van der Waals surface area contributed by atoms with E-state index in [4.69, 9.17) is 4.74 Å². The quantitative estimate of drug-likeness (QED) is 0.411. The van der Waals surface area contributed by atoms with Crippen LogP contribution >= 0.6 is 0 Å². The molecule has 2 aromatic rings. The number of rotatable bonds is 7. The summed E-state index contributed by atoms with van der Waals surface area (Å²) >= 11 is 0. The number of aliphatic imine (C=N–C) groups is 1. The van der Waals surface area contributed by atoms with E-state index < -0.39 is 0 Å². The minimum absolute atomic E-state index is 0. The van der Waals surface area contributed by atoms with Crippen LogP contribution in [0, 0.1) is 0 Å². The summed E-state index contributed by atoms with van der Waals surface area (Å²) in [6.45, 7) is 4.46. The monoisotopic (exact) mass is 315 g/mol. The Morgan fingerprint density at radius 3 is 2.30 bits per heavy atom. The predicted octanol–water partition coefficient (Wildman–Crippen LogP) is 4.97. The average Bonchev–Trinajstić information content (AvgIpc) is 2.55. The molecule has 0 heterocycles. The third kappa shape index (κ3) is 6.02. The summed E-state index contributed by atoms with van der Waals surface area (Å²) in [5, 5.41) is 0. The fourth-order valence-corrected chi connectivity index (χ4v) is 1.92. The van der Waals surface area contributed by atoms with E-state index >= 15 is 0 Å². The molecule has 23 heavy (non-hydrogen) atoms. The maximum absolute atomic E-state index is 11.2. The predicted molar refractivity (Wildman–Crippen MR) is 93.0 cm³/mol. The van der Waals surface area contributed by atoms with Crippen LogP contribution in [0.5, 0.6) is 5.75 Å². The Bertz CT molecular complexity index is 633. The van der Waals surface area contributed by atoms with Gasteiger partial charge in [-0.25, -0.2) is 0 Å². The Morgan fingerprint density at radius 2 is 1.74 bits per heavy atom. The number of hydrogen-bond donors (Lipinski definition) is 0. The van der Waals surface area contributed by atoms with Crippen molar-refractivity contribution >= 4 is 17.7 Å². The van der Waals surface area contributed by atoms with E-state index in [9.17, 15) is 4.79 Å². The van der Waals surface area contributed by atoms with Crippen LogP contribution in [-0.2, 0) is 0 Å². The van der Waals surface area contributed by atoms with Gasteiger partial charge in [-0.2, -0.15) is 0 Å². The van der Waals surface area contributed by atoms with Crippen LogP contribution in [0.15, 0.2) is 53.5 Å². The molecule has 2 rings (SSSR count). The van der Waals surface area contributed by atoms with Gasteiger partial charge in [-0.15, -0.1) is 0 Å². The molecule has 0 N–H and O–H groups in total. The molecule has 0 aliphatic rings. The van der Waals surface area contributed by atoms with Crippen LogP contribution in [0.4, 0.5) is 10.4 Å². The Balaban J connectivity index is 0.00000264. The van der Waals surface area contributed by atoms with Crippen molar-refractivity contribution in [1.29, 1.82) is 0 Å². The number of hydrogen-bond acceptors (Lipinski definition) is 3.